The van der Waals surface area contributed by atoms with Crippen LogP contribution in [0, 0.1) is 0 Å². The first kappa shape index (κ1) is 23.7. The summed E-state index contributed by atoms with van der Waals surface area (Å²) in [5, 5.41) is 2.32. The highest BCUT2D eigenvalue weighted by molar-refractivity contribution is 7.91. The predicted molar refractivity (Wildman–Crippen MR) is 133 cm³/mol. The molecule has 1 aromatic heterocycles. The number of rotatable bonds is 8. The summed E-state index contributed by atoms with van der Waals surface area (Å²) in [6, 6.07) is 28.2. The van der Waals surface area contributed by atoms with Crippen molar-refractivity contribution in [3.63, 3.8) is 0 Å². The van der Waals surface area contributed by atoms with Gasteiger partial charge in [-0.3, -0.25) is 9.78 Å². The zero-order valence-corrected chi connectivity index (χ0v) is 19.8. The number of halogens is 1. The van der Waals surface area contributed by atoms with Gasteiger partial charge in [-0.05, 0) is 47.0 Å². The number of carbonyl (C=O) groups is 1. The molecule has 172 valence electrons. The van der Waals surface area contributed by atoms with Gasteiger partial charge in [-0.2, -0.15) is 0 Å². The summed E-state index contributed by atoms with van der Waals surface area (Å²) >= 11 is 5.95. The van der Waals surface area contributed by atoms with E-state index in [0.29, 0.717) is 10.6 Å². The van der Waals surface area contributed by atoms with Crippen molar-refractivity contribution in [2.45, 2.75) is 16.1 Å². The number of hydrogen-bond donors (Lipinski definition) is 1. The number of nitrogens with one attached hydrogen (secondary N) is 1. The molecule has 3 aromatic carbocycles. The monoisotopic (exact) mass is 490 g/mol. The molecule has 34 heavy (non-hydrogen) atoms. The van der Waals surface area contributed by atoms with Gasteiger partial charge in [0.15, 0.2) is 9.84 Å². The molecule has 0 aliphatic heterocycles. The minimum Gasteiger partial charge on any atom is -0.354 e. The van der Waals surface area contributed by atoms with E-state index in [9.17, 15) is 13.2 Å². The standard InChI is InChI=1S/C27H23ClN2O3S/c28-23-13-15-24(16-14-23)34(32,33)25(22-12-7-17-29-18-22)19-30-27(31)26(20-8-3-1-4-9-20)21-10-5-2-6-11-21/h1-18,25-26H,19H2,(H,30,31)/t25-/m1/s1. The second-order valence-corrected chi connectivity index (χ2v) is 10.3. The van der Waals surface area contributed by atoms with Crippen LogP contribution in [0.15, 0.2) is 114 Å². The van der Waals surface area contributed by atoms with E-state index in [4.69, 9.17) is 11.6 Å². The molecule has 5 nitrogen and oxygen atoms in total. The van der Waals surface area contributed by atoms with Crippen LogP contribution < -0.4 is 5.32 Å². The number of hydrogen-bond acceptors (Lipinski definition) is 4. The third-order valence-corrected chi connectivity index (χ3v) is 7.93. The highest BCUT2D eigenvalue weighted by atomic mass is 35.5. The van der Waals surface area contributed by atoms with Gasteiger partial charge < -0.3 is 5.32 Å². The summed E-state index contributed by atoms with van der Waals surface area (Å²) in [5.41, 5.74) is 2.14. The average Bonchev–Trinajstić information content (AvgIpc) is 2.86. The molecule has 0 fully saturated rings. The van der Waals surface area contributed by atoms with Crippen molar-refractivity contribution < 1.29 is 13.2 Å². The molecule has 7 heteroatoms. The Labute approximate surface area is 204 Å². The largest absolute Gasteiger partial charge is 0.354 e. The maximum atomic E-state index is 13.5. The molecule has 0 saturated carbocycles. The molecule has 0 spiro atoms. The molecule has 1 heterocycles. The normalized spacial score (nSPS) is 12.3. The van der Waals surface area contributed by atoms with Crippen molar-refractivity contribution in [1.82, 2.24) is 10.3 Å². The van der Waals surface area contributed by atoms with Crippen LogP contribution in [0.1, 0.15) is 27.9 Å². The van der Waals surface area contributed by atoms with E-state index >= 15 is 0 Å². The lowest BCUT2D eigenvalue weighted by molar-refractivity contribution is -0.121. The Bertz CT molecular complexity index is 1290. The molecule has 1 amide bonds. The van der Waals surface area contributed by atoms with Gasteiger partial charge in [-0.1, -0.05) is 78.3 Å². The maximum Gasteiger partial charge on any atom is 0.232 e. The lowest BCUT2D eigenvalue weighted by Gasteiger charge is -2.22. The Balaban J connectivity index is 1.65. The fourth-order valence-corrected chi connectivity index (χ4v) is 5.61. The van der Waals surface area contributed by atoms with Crippen LogP contribution >= 0.6 is 11.6 Å². The van der Waals surface area contributed by atoms with E-state index in [1.54, 1.807) is 18.3 Å². The second-order valence-electron chi connectivity index (χ2n) is 7.77. The third kappa shape index (κ3) is 5.35. The van der Waals surface area contributed by atoms with E-state index < -0.39 is 21.0 Å². The van der Waals surface area contributed by atoms with Crippen LogP contribution in [0.3, 0.4) is 0 Å². The molecule has 0 aliphatic rings. The SMILES string of the molecule is O=C(NC[C@H](c1cccnc1)S(=O)(=O)c1ccc(Cl)cc1)C(c1ccccc1)c1ccccc1. The number of aromatic nitrogens is 1. The smallest absolute Gasteiger partial charge is 0.232 e. The first-order valence-electron chi connectivity index (χ1n) is 10.7. The number of pyridine rings is 1. The molecular formula is C27H23ClN2O3S. The van der Waals surface area contributed by atoms with Crippen molar-refractivity contribution in [3.8, 4) is 0 Å². The summed E-state index contributed by atoms with van der Waals surface area (Å²) < 4.78 is 27.1. The lowest BCUT2D eigenvalue weighted by Crippen LogP contribution is -2.35. The Morgan fingerprint density at radius 2 is 1.35 bits per heavy atom. The van der Waals surface area contributed by atoms with Crippen LogP contribution in [-0.4, -0.2) is 25.9 Å². The van der Waals surface area contributed by atoms with Gasteiger partial charge in [-0.15, -0.1) is 0 Å². The Morgan fingerprint density at radius 1 is 0.794 bits per heavy atom. The molecule has 4 rings (SSSR count). The highest BCUT2D eigenvalue weighted by Crippen LogP contribution is 2.30. The number of benzene rings is 3. The van der Waals surface area contributed by atoms with Crippen LogP contribution in [0.2, 0.25) is 5.02 Å². The molecular weight excluding hydrogens is 468 g/mol. The molecule has 4 aromatic rings. The molecule has 0 aliphatic carbocycles. The van der Waals surface area contributed by atoms with Gasteiger partial charge in [0.25, 0.3) is 0 Å². The van der Waals surface area contributed by atoms with Gasteiger partial charge in [0, 0.05) is 24.0 Å². The van der Waals surface area contributed by atoms with Crippen LogP contribution in [0.4, 0.5) is 0 Å². The lowest BCUT2D eigenvalue weighted by atomic mass is 9.90. The highest BCUT2D eigenvalue weighted by Gasteiger charge is 2.31. The summed E-state index contributed by atoms with van der Waals surface area (Å²) in [7, 11) is -3.83. The van der Waals surface area contributed by atoms with Crippen molar-refractivity contribution in [2.24, 2.45) is 0 Å². The summed E-state index contributed by atoms with van der Waals surface area (Å²) in [4.78, 5) is 17.7. The van der Waals surface area contributed by atoms with Crippen LogP contribution in [0.25, 0.3) is 0 Å². The first-order chi connectivity index (χ1) is 16.5. The maximum absolute atomic E-state index is 13.5. The second kappa shape index (κ2) is 10.6. The zero-order chi connectivity index (χ0) is 24.0. The minimum absolute atomic E-state index is 0.106. The number of sulfone groups is 1. The van der Waals surface area contributed by atoms with E-state index in [0.717, 1.165) is 11.1 Å². The van der Waals surface area contributed by atoms with E-state index in [1.165, 1.54) is 30.5 Å². The molecule has 0 bridgehead atoms. The summed E-state index contributed by atoms with van der Waals surface area (Å²) in [6.45, 7) is -0.106. The quantitative estimate of drug-likeness (QED) is 0.368. The van der Waals surface area contributed by atoms with E-state index in [-0.39, 0.29) is 17.3 Å². The predicted octanol–water partition coefficient (Wildman–Crippen LogP) is 5.20. The van der Waals surface area contributed by atoms with Crippen molar-refractivity contribution in [2.75, 3.05) is 6.54 Å². The average molecular weight is 491 g/mol. The van der Waals surface area contributed by atoms with Gasteiger partial charge in [0.05, 0.1) is 10.8 Å². The number of nitrogens with zero attached hydrogens (tertiary/aromatic N) is 1. The fraction of sp³-hybridized carbons (Fsp3) is 0.111. The Kier molecular flexibility index (Phi) is 7.40. The van der Waals surface area contributed by atoms with Gasteiger partial charge in [0.1, 0.15) is 5.25 Å². The van der Waals surface area contributed by atoms with E-state index in [2.05, 4.69) is 10.3 Å². The molecule has 1 N–H and O–H groups in total. The van der Waals surface area contributed by atoms with Gasteiger partial charge in [0.2, 0.25) is 5.91 Å². The third-order valence-electron chi connectivity index (χ3n) is 5.56. The van der Waals surface area contributed by atoms with E-state index in [1.807, 2.05) is 60.7 Å². The first-order valence-corrected chi connectivity index (χ1v) is 12.7. The Morgan fingerprint density at radius 3 is 1.88 bits per heavy atom. The summed E-state index contributed by atoms with van der Waals surface area (Å²) in [5.74, 6) is -0.854. The molecule has 0 radical (unpaired) electrons. The van der Waals surface area contributed by atoms with Gasteiger partial charge >= 0.3 is 0 Å². The topological polar surface area (TPSA) is 76.1 Å². The Hall–Kier alpha value is -3.48. The number of amides is 1. The fourth-order valence-electron chi connectivity index (χ4n) is 3.84. The van der Waals surface area contributed by atoms with Crippen LogP contribution in [0.5, 0.6) is 0 Å². The summed E-state index contributed by atoms with van der Waals surface area (Å²) in [6.07, 6.45) is 3.09. The zero-order valence-electron chi connectivity index (χ0n) is 18.2. The van der Waals surface area contributed by atoms with Crippen molar-refractivity contribution in [1.29, 1.82) is 0 Å². The van der Waals surface area contributed by atoms with Crippen LogP contribution in [-0.2, 0) is 14.6 Å². The van der Waals surface area contributed by atoms with Gasteiger partial charge in [-0.25, -0.2) is 8.42 Å². The molecule has 0 unspecified atom stereocenters. The van der Waals surface area contributed by atoms with Crippen molar-refractivity contribution >= 4 is 27.3 Å². The molecule has 1 atom stereocenters. The minimum atomic E-state index is -3.83. The number of carbonyl (C=O) groups excluding carboxylic acids is 1. The van der Waals surface area contributed by atoms with Crippen molar-refractivity contribution in [3.05, 3.63) is 131 Å². The molecule has 0 saturated heterocycles.